The number of aromatic amines is 1. The lowest BCUT2D eigenvalue weighted by Gasteiger charge is -2.02. The summed E-state index contributed by atoms with van der Waals surface area (Å²) < 4.78 is 5.52. The van der Waals surface area contributed by atoms with Gasteiger partial charge >= 0.3 is 5.97 Å². The van der Waals surface area contributed by atoms with E-state index >= 15 is 0 Å². The zero-order valence-electron chi connectivity index (χ0n) is 10.2. The van der Waals surface area contributed by atoms with Gasteiger partial charge in [-0.2, -0.15) is 0 Å². The van der Waals surface area contributed by atoms with Crippen molar-refractivity contribution in [2.24, 2.45) is 0 Å². The van der Waals surface area contributed by atoms with Gasteiger partial charge in [0.15, 0.2) is 0 Å². The first kappa shape index (κ1) is 12.2. The molecular weight excluding hydrogens is 232 g/mol. The van der Waals surface area contributed by atoms with E-state index in [9.17, 15) is 4.79 Å². The third-order valence-electron chi connectivity index (χ3n) is 2.40. The maximum absolute atomic E-state index is 10.8. The SMILES string of the molecule is CC(C)=CCOc1ccc2nc(C(=O)O)[nH]c2c1. The molecule has 0 radical (unpaired) electrons. The van der Waals surface area contributed by atoms with Crippen LogP contribution in [0.25, 0.3) is 11.0 Å². The number of imidazole rings is 1. The summed E-state index contributed by atoms with van der Waals surface area (Å²) in [4.78, 5) is 17.4. The van der Waals surface area contributed by atoms with Crippen LogP contribution in [0.1, 0.15) is 24.5 Å². The number of carbonyl (C=O) groups is 1. The predicted octanol–water partition coefficient (Wildman–Crippen LogP) is 2.61. The second-order valence-corrected chi connectivity index (χ2v) is 4.16. The topological polar surface area (TPSA) is 75.2 Å². The Bertz CT molecular complexity index is 610. The molecule has 5 heteroatoms. The van der Waals surface area contributed by atoms with Crippen LogP contribution in [-0.4, -0.2) is 27.7 Å². The van der Waals surface area contributed by atoms with Gasteiger partial charge in [-0.25, -0.2) is 9.78 Å². The number of carboxylic acid groups (broad SMARTS) is 1. The Balaban J connectivity index is 2.21. The quantitative estimate of drug-likeness (QED) is 0.813. The van der Waals surface area contributed by atoms with Crippen LogP contribution in [0.15, 0.2) is 29.8 Å². The summed E-state index contributed by atoms with van der Waals surface area (Å²) in [7, 11) is 0. The van der Waals surface area contributed by atoms with Crippen molar-refractivity contribution in [1.29, 1.82) is 0 Å². The van der Waals surface area contributed by atoms with E-state index < -0.39 is 5.97 Å². The van der Waals surface area contributed by atoms with E-state index in [1.54, 1.807) is 18.2 Å². The minimum Gasteiger partial charge on any atom is -0.489 e. The van der Waals surface area contributed by atoms with Gasteiger partial charge in [0.1, 0.15) is 12.4 Å². The fourth-order valence-electron chi connectivity index (χ4n) is 1.48. The maximum atomic E-state index is 10.8. The number of nitrogens with one attached hydrogen (secondary N) is 1. The molecule has 1 heterocycles. The molecule has 0 aliphatic heterocycles. The molecule has 0 fully saturated rings. The molecule has 0 unspecified atom stereocenters. The summed E-state index contributed by atoms with van der Waals surface area (Å²) in [6.45, 7) is 4.49. The Kier molecular flexibility index (Phi) is 3.32. The highest BCUT2D eigenvalue weighted by atomic mass is 16.5. The Morgan fingerprint density at radius 1 is 1.50 bits per heavy atom. The molecule has 18 heavy (non-hydrogen) atoms. The van der Waals surface area contributed by atoms with Crippen LogP contribution in [0, 0.1) is 0 Å². The highest BCUT2D eigenvalue weighted by Crippen LogP contribution is 2.19. The number of benzene rings is 1. The first-order valence-corrected chi connectivity index (χ1v) is 5.55. The minimum absolute atomic E-state index is 0.0635. The van der Waals surface area contributed by atoms with Crippen LogP contribution < -0.4 is 4.74 Å². The molecule has 0 atom stereocenters. The monoisotopic (exact) mass is 246 g/mol. The van der Waals surface area contributed by atoms with Gasteiger partial charge in [-0.1, -0.05) is 5.57 Å². The molecule has 2 rings (SSSR count). The van der Waals surface area contributed by atoms with Crippen molar-refractivity contribution in [1.82, 2.24) is 9.97 Å². The predicted molar refractivity (Wildman–Crippen MR) is 68.0 cm³/mol. The molecule has 0 aliphatic carbocycles. The molecule has 0 saturated heterocycles. The number of aromatic nitrogens is 2. The molecule has 2 N–H and O–H groups in total. The van der Waals surface area contributed by atoms with Crippen LogP contribution in [-0.2, 0) is 0 Å². The van der Waals surface area contributed by atoms with Gasteiger partial charge in [0.25, 0.3) is 0 Å². The molecule has 2 aromatic rings. The van der Waals surface area contributed by atoms with Gasteiger partial charge in [0, 0.05) is 6.07 Å². The van der Waals surface area contributed by atoms with Crippen molar-refractivity contribution >= 4 is 17.0 Å². The molecule has 0 saturated carbocycles. The number of hydrogen-bond acceptors (Lipinski definition) is 3. The zero-order valence-corrected chi connectivity index (χ0v) is 10.2. The number of H-pyrrole nitrogens is 1. The molecule has 0 aliphatic rings. The summed E-state index contributed by atoms with van der Waals surface area (Å²) in [6.07, 6.45) is 1.97. The third-order valence-corrected chi connectivity index (χ3v) is 2.40. The second-order valence-electron chi connectivity index (χ2n) is 4.16. The van der Waals surface area contributed by atoms with Gasteiger partial charge < -0.3 is 14.8 Å². The van der Waals surface area contributed by atoms with E-state index in [4.69, 9.17) is 9.84 Å². The molecule has 0 spiro atoms. The van der Waals surface area contributed by atoms with Gasteiger partial charge in [0.2, 0.25) is 5.82 Å². The normalized spacial score (nSPS) is 10.3. The van der Waals surface area contributed by atoms with Crippen LogP contribution in [0.5, 0.6) is 5.75 Å². The lowest BCUT2D eigenvalue weighted by Crippen LogP contribution is -1.97. The standard InChI is InChI=1S/C13H14N2O3/c1-8(2)5-6-18-9-3-4-10-11(7-9)15-12(14-10)13(16)17/h3-5,7H,6H2,1-2H3,(H,14,15)(H,16,17). The number of rotatable bonds is 4. The second kappa shape index (κ2) is 4.91. The number of ether oxygens (including phenoxy) is 1. The highest BCUT2D eigenvalue weighted by molar-refractivity contribution is 5.89. The number of fused-ring (bicyclic) bond motifs is 1. The van der Waals surface area contributed by atoms with Gasteiger partial charge in [-0.3, -0.25) is 0 Å². The van der Waals surface area contributed by atoms with Crippen LogP contribution >= 0.6 is 0 Å². The van der Waals surface area contributed by atoms with Gasteiger partial charge in [-0.15, -0.1) is 0 Å². The summed E-state index contributed by atoms with van der Waals surface area (Å²) in [5.41, 5.74) is 2.45. The van der Waals surface area contributed by atoms with Gasteiger partial charge in [0.05, 0.1) is 11.0 Å². The van der Waals surface area contributed by atoms with E-state index in [0.29, 0.717) is 23.4 Å². The molecule has 5 nitrogen and oxygen atoms in total. The molecule has 1 aromatic heterocycles. The van der Waals surface area contributed by atoms with Crippen molar-refractivity contribution in [2.75, 3.05) is 6.61 Å². The Hall–Kier alpha value is -2.30. The van der Waals surface area contributed by atoms with E-state index in [1.807, 2.05) is 19.9 Å². The number of nitrogens with zero attached hydrogens (tertiary/aromatic N) is 1. The molecule has 94 valence electrons. The van der Waals surface area contributed by atoms with Crippen molar-refractivity contribution in [3.63, 3.8) is 0 Å². The third kappa shape index (κ3) is 2.68. The van der Waals surface area contributed by atoms with Crippen LogP contribution in [0.2, 0.25) is 0 Å². The molecule has 0 amide bonds. The first-order chi connectivity index (χ1) is 8.56. The van der Waals surface area contributed by atoms with Crippen LogP contribution in [0.4, 0.5) is 0 Å². The molecule has 1 aromatic carbocycles. The Morgan fingerprint density at radius 2 is 2.28 bits per heavy atom. The van der Waals surface area contributed by atoms with Crippen molar-refractivity contribution in [2.45, 2.75) is 13.8 Å². The molecule has 0 bridgehead atoms. The van der Waals surface area contributed by atoms with E-state index in [0.717, 1.165) is 0 Å². The Morgan fingerprint density at radius 3 is 2.94 bits per heavy atom. The summed E-state index contributed by atoms with van der Waals surface area (Å²) in [5, 5.41) is 8.82. The van der Waals surface area contributed by atoms with E-state index in [1.165, 1.54) is 5.57 Å². The lowest BCUT2D eigenvalue weighted by molar-refractivity contribution is 0.0685. The van der Waals surface area contributed by atoms with E-state index in [2.05, 4.69) is 9.97 Å². The molecular formula is C13H14N2O3. The highest BCUT2D eigenvalue weighted by Gasteiger charge is 2.09. The number of hydrogen-bond donors (Lipinski definition) is 2. The van der Waals surface area contributed by atoms with Crippen molar-refractivity contribution in [3.05, 3.63) is 35.7 Å². The largest absolute Gasteiger partial charge is 0.489 e. The smallest absolute Gasteiger partial charge is 0.371 e. The van der Waals surface area contributed by atoms with Crippen molar-refractivity contribution in [3.8, 4) is 5.75 Å². The maximum Gasteiger partial charge on any atom is 0.371 e. The van der Waals surface area contributed by atoms with Crippen LogP contribution in [0.3, 0.4) is 0 Å². The van der Waals surface area contributed by atoms with E-state index in [-0.39, 0.29) is 5.82 Å². The average molecular weight is 246 g/mol. The Labute approximate surface area is 104 Å². The zero-order chi connectivity index (χ0) is 13.1. The van der Waals surface area contributed by atoms with Crippen molar-refractivity contribution < 1.29 is 14.6 Å². The lowest BCUT2D eigenvalue weighted by atomic mass is 10.3. The summed E-state index contributed by atoms with van der Waals surface area (Å²) in [6, 6.07) is 5.25. The first-order valence-electron chi connectivity index (χ1n) is 5.55. The number of allylic oxidation sites excluding steroid dienone is 1. The summed E-state index contributed by atoms with van der Waals surface area (Å²) in [5.74, 6) is -0.453. The summed E-state index contributed by atoms with van der Waals surface area (Å²) >= 11 is 0. The number of aromatic carboxylic acids is 1. The number of carboxylic acids is 1. The fourth-order valence-corrected chi connectivity index (χ4v) is 1.48. The van der Waals surface area contributed by atoms with Gasteiger partial charge in [-0.05, 0) is 32.1 Å². The fraction of sp³-hybridized carbons (Fsp3) is 0.231. The average Bonchev–Trinajstić information content (AvgIpc) is 2.71. The minimum atomic E-state index is -1.07.